The van der Waals surface area contributed by atoms with Crippen LogP contribution in [0, 0.1) is 5.82 Å². The van der Waals surface area contributed by atoms with E-state index in [0.717, 1.165) is 24.2 Å². The fraction of sp³-hybridized carbons (Fsp3) is 0.263. The molecule has 0 aliphatic carbocycles. The number of hydrogen-bond donors (Lipinski definition) is 1. The highest BCUT2D eigenvalue weighted by molar-refractivity contribution is 5.82. The maximum atomic E-state index is 12.8. The molecule has 0 unspecified atom stereocenters. The summed E-state index contributed by atoms with van der Waals surface area (Å²) in [4.78, 5) is 11.7. The Hall–Kier alpha value is -2.69. The van der Waals surface area contributed by atoms with E-state index >= 15 is 0 Å². The maximum absolute atomic E-state index is 12.8. The lowest BCUT2D eigenvalue weighted by Crippen LogP contribution is -2.17. The molecule has 2 rings (SSSR count). The molecule has 4 nitrogen and oxygen atoms in total. The SMILES string of the molecule is CCOc1ccc(CCCC(=O)N/N=C/c2ccc(F)cc2)cc1. The lowest BCUT2D eigenvalue weighted by atomic mass is 10.1. The third-order valence-electron chi connectivity index (χ3n) is 3.38. The monoisotopic (exact) mass is 328 g/mol. The Balaban J connectivity index is 1.68. The van der Waals surface area contributed by atoms with Crippen LogP contribution in [0.25, 0.3) is 0 Å². The fourth-order valence-electron chi connectivity index (χ4n) is 2.16. The Morgan fingerprint density at radius 2 is 1.88 bits per heavy atom. The standard InChI is InChI=1S/C19H21FN2O2/c1-2-24-18-12-8-15(9-13-18)4-3-5-19(23)22-21-14-16-6-10-17(20)11-7-16/h6-14H,2-5H2,1H3,(H,22,23)/b21-14+. The first-order valence-corrected chi connectivity index (χ1v) is 7.96. The molecule has 0 radical (unpaired) electrons. The number of carbonyl (C=O) groups excluding carboxylic acids is 1. The maximum Gasteiger partial charge on any atom is 0.240 e. The Morgan fingerprint density at radius 3 is 2.54 bits per heavy atom. The van der Waals surface area contributed by atoms with Gasteiger partial charge in [0.1, 0.15) is 11.6 Å². The van der Waals surface area contributed by atoms with Crippen molar-refractivity contribution in [1.82, 2.24) is 5.43 Å². The van der Waals surface area contributed by atoms with Crippen LogP contribution in [0.5, 0.6) is 5.75 Å². The first-order valence-electron chi connectivity index (χ1n) is 7.96. The molecule has 126 valence electrons. The van der Waals surface area contributed by atoms with Gasteiger partial charge < -0.3 is 4.74 Å². The summed E-state index contributed by atoms with van der Waals surface area (Å²) >= 11 is 0. The summed E-state index contributed by atoms with van der Waals surface area (Å²) in [6.07, 6.45) is 3.45. The minimum Gasteiger partial charge on any atom is -0.494 e. The van der Waals surface area contributed by atoms with Crippen LogP contribution in [0.4, 0.5) is 4.39 Å². The second-order valence-corrected chi connectivity index (χ2v) is 5.28. The van der Waals surface area contributed by atoms with Crippen molar-refractivity contribution < 1.29 is 13.9 Å². The molecule has 0 heterocycles. The molecule has 0 atom stereocenters. The van der Waals surface area contributed by atoms with Crippen LogP contribution in [0.2, 0.25) is 0 Å². The highest BCUT2D eigenvalue weighted by Gasteiger charge is 2.01. The average molecular weight is 328 g/mol. The summed E-state index contributed by atoms with van der Waals surface area (Å²) in [5.41, 5.74) is 4.37. The van der Waals surface area contributed by atoms with Gasteiger partial charge in [0.15, 0.2) is 0 Å². The number of hydrogen-bond acceptors (Lipinski definition) is 3. The van der Waals surface area contributed by atoms with Crippen LogP contribution in [0.3, 0.4) is 0 Å². The van der Waals surface area contributed by atoms with Crippen molar-refractivity contribution in [2.24, 2.45) is 5.10 Å². The van der Waals surface area contributed by atoms with Crippen LogP contribution >= 0.6 is 0 Å². The van der Waals surface area contributed by atoms with E-state index in [2.05, 4.69) is 10.5 Å². The third kappa shape index (κ3) is 6.20. The first-order chi connectivity index (χ1) is 11.7. The van der Waals surface area contributed by atoms with E-state index in [9.17, 15) is 9.18 Å². The molecule has 0 saturated heterocycles. The van der Waals surface area contributed by atoms with Gasteiger partial charge in [-0.15, -0.1) is 0 Å². The molecule has 0 bridgehead atoms. The van der Waals surface area contributed by atoms with Crippen LogP contribution < -0.4 is 10.2 Å². The number of ether oxygens (including phenoxy) is 1. The quantitative estimate of drug-likeness (QED) is 0.593. The van der Waals surface area contributed by atoms with Gasteiger partial charge in [-0.3, -0.25) is 4.79 Å². The van der Waals surface area contributed by atoms with Crippen molar-refractivity contribution in [2.45, 2.75) is 26.2 Å². The average Bonchev–Trinajstić information content (AvgIpc) is 2.58. The summed E-state index contributed by atoms with van der Waals surface area (Å²) in [7, 11) is 0. The van der Waals surface area contributed by atoms with Crippen molar-refractivity contribution in [1.29, 1.82) is 0 Å². The predicted molar refractivity (Wildman–Crippen MR) is 92.7 cm³/mol. The number of aryl methyl sites for hydroxylation is 1. The van der Waals surface area contributed by atoms with Crippen LogP contribution in [0.15, 0.2) is 53.6 Å². The lowest BCUT2D eigenvalue weighted by Gasteiger charge is -2.05. The number of nitrogens with one attached hydrogen (secondary N) is 1. The van der Waals surface area contributed by atoms with Gasteiger partial charge in [-0.1, -0.05) is 24.3 Å². The summed E-state index contributed by atoms with van der Waals surface area (Å²) in [5, 5.41) is 3.87. The molecular weight excluding hydrogens is 307 g/mol. The van der Waals surface area contributed by atoms with Gasteiger partial charge in [0.05, 0.1) is 12.8 Å². The molecule has 0 spiro atoms. The molecular formula is C19H21FN2O2. The molecule has 0 aliphatic rings. The number of halogens is 1. The van der Waals surface area contributed by atoms with Crippen LogP contribution in [-0.4, -0.2) is 18.7 Å². The van der Waals surface area contributed by atoms with E-state index in [1.165, 1.54) is 23.9 Å². The smallest absolute Gasteiger partial charge is 0.240 e. The largest absolute Gasteiger partial charge is 0.494 e. The highest BCUT2D eigenvalue weighted by atomic mass is 19.1. The molecule has 1 amide bonds. The van der Waals surface area contributed by atoms with E-state index < -0.39 is 0 Å². The molecule has 2 aromatic rings. The number of benzene rings is 2. The first kappa shape index (κ1) is 17.7. The predicted octanol–water partition coefficient (Wildman–Crippen LogP) is 3.70. The van der Waals surface area contributed by atoms with Gasteiger partial charge in [0.25, 0.3) is 0 Å². The topological polar surface area (TPSA) is 50.7 Å². The van der Waals surface area contributed by atoms with Crippen LogP contribution in [-0.2, 0) is 11.2 Å². The highest BCUT2D eigenvalue weighted by Crippen LogP contribution is 2.13. The Morgan fingerprint density at radius 1 is 1.17 bits per heavy atom. The lowest BCUT2D eigenvalue weighted by molar-refractivity contribution is -0.121. The summed E-state index contributed by atoms with van der Waals surface area (Å²) in [5.74, 6) is 0.416. The minimum atomic E-state index is -0.300. The van der Waals surface area contributed by atoms with Gasteiger partial charge >= 0.3 is 0 Å². The normalized spacial score (nSPS) is 10.8. The summed E-state index contributed by atoms with van der Waals surface area (Å²) in [6, 6.07) is 13.8. The second kappa shape index (κ2) is 9.45. The summed E-state index contributed by atoms with van der Waals surface area (Å²) < 4.78 is 18.1. The zero-order valence-corrected chi connectivity index (χ0v) is 13.7. The van der Waals surface area contributed by atoms with Crippen LogP contribution in [0.1, 0.15) is 30.9 Å². The number of nitrogens with zero attached hydrogens (tertiary/aromatic N) is 1. The van der Waals surface area contributed by atoms with Gasteiger partial charge in [0.2, 0.25) is 5.91 Å². The van der Waals surface area contributed by atoms with E-state index in [0.29, 0.717) is 13.0 Å². The molecule has 1 N–H and O–H groups in total. The summed E-state index contributed by atoms with van der Waals surface area (Å²) in [6.45, 7) is 2.60. The van der Waals surface area contributed by atoms with Crippen molar-refractivity contribution in [3.63, 3.8) is 0 Å². The molecule has 0 aliphatic heterocycles. The molecule has 0 fully saturated rings. The molecule has 2 aromatic carbocycles. The molecule has 0 aromatic heterocycles. The Labute approximate surface area is 141 Å². The van der Waals surface area contributed by atoms with Crippen molar-refractivity contribution >= 4 is 12.1 Å². The molecule has 24 heavy (non-hydrogen) atoms. The van der Waals surface area contributed by atoms with Crippen molar-refractivity contribution in [3.05, 3.63) is 65.5 Å². The van der Waals surface area contributed by atoms with E-state index in [1.807, 2.05) is 31.2 Å². The number of carbonyl (C=O) groups is 1. The third-order valence-corrected chi connectivity index (χ3v) is 3.38. The van der Waals surface area contributed by atoms with E-state index in [4.69, 9.17) is 4.74 Å². The zero-order valence-electron chi connectivity index (χ0n) is 13.7. The zero-order chi connectivity index (χ0) is 17.2. The van der Waals surface area contributed by atoms with Gasteiger partial charge in [-0.2, -0.15) is 5.10 Å². The minimum absolute atomic E-state index is 0.140. The Kier molecular flexibility index (Phi) is 6.95. The van der Waals surface area contributed by atoms with Crippen molar-refractivity contribution in [3.8, 4) is 5.75 Å². The van der Waals surface area contributed by atoms with Gasteiger partial charge in [-0.05, 0) is 55.2 Å². The van der Waals surface area contributed by atoms with E-state index in [-0.39, 0.29) is 11.7 Å². The van der Waals surface area contributed by atoms with Crippen molar-refractivity contribution in [2.75, 3.05) is 6.61 Å². The Bertz CT molecular complexity index is 667. The van der Waals surface area contributed by atoms with Gasteiger partial charge in [0, 0.05) is 6.42 Å². The number of rotatable bonds is 8. The molecule has 0 saturated carbocycles. The van der Waals surface area contributed by atoms with Gasteiger partial charge in [-0.25, -0.2) is 9.82 Å². The van der Waals surface area contributed by atoms with E-state index in [1.54, 1.807) is 12.1 Å². The number of amides is 1. The second-order valence-electron chi connectivity index (χ2n) is 5.28. The molecule has 5 heteroatoms. The fourth-order valence-corrected chi connectivity index (χ4v) is 2.16. The number of hydrazone groups is 1.